The number of nitrogens with zero attached hydrogens (tertiary/aromatic N) is 1. The Labute approximate surface area is 114 Å². The Morgan fingerprint density at radius 2 is 2.18 bits per heavy atom. The maximum atomic E-state index is 11.8. The first-order valence-corrected chi connectivity index (χ1v) is 6.28. The first kappa shape index (κ1) is 14.0. The normalized spacial score (nSPS) is 12.0. The van der Waals surface area contributed by atoms with Crippen molar-refractivity contribution in [1.82, 2.24) is 0 Å². The molecule has 17 heavy (non-hydrogen) atoms. The third-order valence-corrected chi connectivity index (χ3v) is 3.49. The molecule has 0 spiro atoms. The molecular formula is C12H12BrClN2O. The standard InChI is InChI=1S/C12H12BrClN2O/c1-7(2)9(6-15)12(17)16-8-3-4-11(14)10(13)5-8/h3-5,7,9H,1-2H3,(H,16,17). The van der Waals surface area contributed by atoms with Crippen molar-refractivity contribution in [1.29, 1.82) is 5.26 Å². The topological polar surface area (TPSA) is 52.9 Å². The SMILES string of the molecule is CC(C)C(C#N)C(=O)Nc1ccc(Cl)c(Br)c1. The van der Waals surface area contributed by atoms with Gasteiger partial charge in [0.05, 0.1) is 11.1 Å². The summed E-state index contributed by atoms with van der Waals surface area (Å²) in [5.74, 6) is -0.961. The first-order valence-electron chi connectivity index (χ1n) is 5.11. The summed E-state index contributed by atoms with van der Waals surface area (Å²) in [7, 11) is 0. The van der Waals surface area contributed by atoms with Gasteiger partial charge in [-0.2, -0.15) is 5.26 Å². The molecule has 0 aromatic heterocycles. The molecule has 1 aromatic rings. The summed E-state index contributed by atoms with van der Waals surface area (Å²) in [6.45, 7) is 3.68. The van der Waals surface area contributed by atoms with Gasteiger partial charge in [0.2, 0.25) is 5.91 Å². The van der Waals surface area contributed by atoms with Gasteiger partial charge in [-0.3, -0.25) is 4.79 Å². The van der Waals surface area contributed by atoms with Crippen molar-refractivity contribution < 1.29 is 4.79 Å². The number of carbonyl (C=O) groups is 1. The second-order valence-electron chi connectivity index (χ2n) is 3.97. The van der Waals surface area contributed by atoms with Crippen LogP contribution >= 0.6 is 27.5 Å². The number of rotatable bonds is 3. The van der Waals surface area contributed by atoms with E-state index in [0.29, 0.717) is 15.2 Å². The van der Waals surface area contributed by atoms with Gasteiger partial charge in [0.15, 0.2) is 0 Å². The number of benzene rings is 1. The fourth-order valence-electron chi connectivity index (χ4n) is 1.30. The number of carbonyl (C=O) groups excluding carboxylic acids is 1. The van der Waals surface area contributed by atoms with E-state index in [1.807, 2.05) is 19.9 Å². The molecule has 0 saturated carbocycles. The number of hydrogen-bond acceptors (Lipinski definition) is 2. The molecule has 0 heterocycles. The van der Waals surface area contributed by atoms with E-state index in [0.717, 1.165) is 0 Å². The number of anilines is 1. The van der Waals surface area contributed by atoms with Crippen LogP contribution in [0.1, 0.15) is 13.8 Å². The number of hydrogen-bond donors (Lipinski definition) is 1. The zero-order chi connectivity index (χ0) is 13.0. The number of halogens is 2. The van der Waals surface area contributed by atoms with Crippen molar-refractivity contribution in [2.75, 3.05) is 5.32 Å². The van der Waals surface area contributed by atoms with Crippen molar-refractivity contribution in [2.45, 2.75) is 13.8 Å². The van der Waals surface area contributed by atoms with E-state index in [1.54, 1.807) is 18.2 Å². The number of nitriles is 1. The molecule has 0 aliphatic rings. The highest BCUT2D eigenvalue weighted by Gasteiger charge is 2.21. The Hall–Kier alpha value is -1.05. The van der Waals surface area contributed by atoms with Crippen molar-refractivity contribution in [3.8, 4) is 6.07 Å². The Kier molecular flexibility index (Phi) is 4.98. The van der Waals surface area contributed by atoms with E-state index in [-0.39, 0.29) is 11.8 Å². The third-order valence-electron chi connectivity index (χ3n) is 2.28. The fraction of sp³-hybridized carbons (Fsp3) is 0.333. The molecule has 0 saturated heterocycles. The van der Waals surface area contributed by atoms with E-state index >= 15 is 0 Å². The Morgan fingerprint density at radius 3 is 2.65 bits per heavy atom. The van der Waals surface area contributed by atoms with Crippen LogP contribution in [-0.4, -0.2) is 5.91 Å². The second kappa shape index (κ2) is 6.04. The van der Waals surface area contributed by atoms with Crippen LogP contribution in [0.3, 0.4) is 0 Å². The fourth-order valence-corrected chi connectivity index (χ4v) is 1.80. The summed E-state index contributed by atoms with van der Waals surface area (Å²) in [5.41, 5.74) is 0.618. The van der Waals surface area contributed by atoms with Crippen LogP contribution in [0.5, 0.6) is 0 Å². The maximum absolute atomic E-state index is 11.8. The Balaban J connectivity index is 2.81. The van der Waals surface area contributed by atoms with Crippen LogP contribution in [0.4, 0.5) is 5.69 Å². The average molecular weight is 316 g/mol. The molecule has 1 amide bonds. The molecule has 0 fully saturated rings. The summed E-state index contributed by atoms with van der Waals surface area (Å²) in [5, 5.41) is 12.2. The predicted molar refractivity (Wildman–Crippen MR) is 71.7 cm³/mol. The lowest BCUT2D eigenvalue weighted by Gasteiger charge is -2.13. The molecule has 1 rings (SSSR count). The van der Waals surface area contributed by atoms with Gasteiger partial charge in [-0.1, -0.05) is 25.4 Å². The van der Waals surface area contributed by atoms with Crippen LogP contribution in [0, 0.1) is 23.2 Å². The lowest BCUT2D eigenvalue weighted by atomic mass is 9.96. The minimum Gasteiger partial charge on any atom is -0.325 e. The molecule has 0 aliphatic heterocycles. The summed E-state index contributed by atoms with van der Waals surface area (Å²) in [6.07, 6.45) is 0. The van der Waals surface area contributed by atoms with E-state index < -0.39 is 5.92 Å². The molecular weight excluding hydrogens is 304 g/mol. The highest BCUT2D eigenvalue weighted by atomic mass is 79.9. The van der Waals surface area contributed by atoms with Crippen LogP contribution in [0.2, 0.25) is 5.02 Å². The van der Waals surface area contributed by atoms with Gasteiger partial charge in [0, 0.05) is 10.2 Å². The van der Waals surface area contributed by atoms with E-state index in [1.165, 1.54) is 0 Å². The van der Waals surface area contributed by atoms with Crippen molar-refractivity contribution in [3.63, 3.8) is 0 Å². The molecule has 3 nitrogen and oxygen atoms in total. The highest BCUT2D eigenvalue weighted by molar-refractivity contribution is 9.10. The van der Waals surface area contributed by atoms with Crippen molar-refractivity contribution >= 4 is 39.1 Å². The second-order valence-corrected chi connectivity index (χ2v) is 5.23. The summed E-state index contributed by atoms with van der Waals surface area (Å²) < 4.78 is 0.704. The molecule has 1 unspecified atom stereocenters. The summed E-state index contributed by atoms with van der Waals surface area (Å²) in [6, 6.07) is 7.07. The van der Waals surface area contributed by atoms with Crippen LogP contribution < -0.4 is 5.32 Å². The van der Waals surface area contributed by atoms with Crippen LogP contribution in [0.25, 0.3) is 0 Å². The quantitative estimate of drug-likeness (QED) is 0.921. The lowest BCUT2D eigenvalue weighted by Crippen LogP contribution is -2.25. The average Bonchev–Trinajstić information content (AvgIpc) is 2.24. The minimum absolute atomic E-state index is 0.0178. The molecule has 1 atom stereocenters. The van der Waals surface area contributed by atoms with Crippen molar-refractivity contribution in [2.24, 2.45) is 11.8 Å². The number of nitrogens with one attached hydrogen (secondary N) is 1. The Morgan fingerprint density at radius 1 is 1.53 bits per heavy atom. The van der Waals surface area contributed by atoms with Gasteiger partial charge in [0.25, 0.3) is 0 Å². The number of amides is 1. The van der Waals surface area contributed by atoms with E-state index in [9.17, 15) is 4.79 Å². The summed E-state index contributed by atoms with van der Waals surface area (Å²) in [4.78, 5) is 11.8. The third kappa shape index (κ3) is 3.72. The lowest BCUT2D eigenvalue weighted by molar-refractivity contribution is -0.119. The summed E-state index contributed by atoms with van der Waals surface area (Å²) >= 11 is 9.12. The van der Waals surface area contributed by atoms with Gasteiger partial charge in [0.1, 0.15) is 5.92 Å². The monoisotopic (exact) mass is 314 g/mol. The first-order chi connectivity index (χ1) is 7.95. The van der Waals surface area contributed by atoms with Gasteiger partial charge in [-0.15, -0.1) is 0 Å². The van der Waals surface area contributed by atoms with Crippen LogP contribution in [-0.2, 0) is 4.79 Å². The Bertz CT molecular complexity index is 468. The highest BCUT2D eigenvalue weighted by Crippen LogP contribution is 2.26. The van der Waals surface area contributed by atoms with E-state index in [4.69, 9.17) is 16.9 Å². The van der Waals surface area contributed by atoms with E-state index in [2.05, 4.69) is 21.2 Å². The smallest absolute Gasteiger partial charge is 0.241 e. The van der Waals surface area contributed by atoms with Gasteiger partial charge in [-0.25, -0.2) is 0 Å². The molecule has 0 bridgehead atoms. The van der Waals surface area contributed by atoms with Gasteiger partial charge >= 0.3 is 0 Å². The minimum atomic E-state index is -0.649. The molecule has 0 aliphatic carbocycles. The zero-order valence-electron chi connectivity index (χ0n) is 9.50. The van der Waals surface area contributed by atoms with Gasteiger partial charge in [-0.05, 0) is 40.0 Å². The van der Waals surface area contributed by atoms with Crippen molar-refractivity contribution in [3.05, 3.63) is 27.7 Å². The zero-order valence-corrected chi connectivity index (χ0v) is 11.8. The largest absolute Gasteiger partial charge is 0.325 e. The molecule has 5 heteroatoms. The van der Waals surface area contributed by atoms with Crippen LogP contribution in [0.15, 0.2) is 22.7 Å². The molecule has 0 radical (unpaired) electrons. The maximum Gasteiger partial charge on any atom is 0.241 e. The van der Waals surface area contributed by atoms with Gasteiger partial charge < -0.3 is 5.32 Å². The molecule has 90 valence electrons. The predicted octanol–water partition coefficient (Wildman–Crippen LogP) is 3.84. The molecule has 1 N–H and O–H groups in total. The molecule has 1 aromatic carbocycles.